The molecule has 3 amide bonds. The summed E-state index contributed by atoms with van der Waals surface area (Å²) in [5.74, 6) is -1.16. The van der Waals surface area contributed by atoms with Crippen molar-refractivity contribution < 1.29 is 24.2 Å². The predicted molar refractivity (Wildman–Crippen MR) is 183 cm³/mol. The number of aliphatic hydroxyl groups is 1. The Balaban J connectivity index is 1.81. The van der Waals surface area contributed by atoms with Crippen LogP contribution in [-0.2, 0) is 20.7 Å². The van der Waals surface area contributed by atoms with Gasteiger partial charge in [-0.2, -0.15) is 0 Å². The molecule has 4 N–H and O–H groups in total. The SMILES string of the molecule is CNC1CCN(C(=O)[C@@H](NC(=O)C(CC=Cc2ccccc2)CC(O)C(Cc2ccccc2)NC(=O)OC(C)(C)C)C(C)C)CC1. The molecule has 1 aliphatic rings. The van der Waals surface area contributed by atoms with E-state index in [4.69, 9.17) is 4.74 Å². The van der Waals surface area contributed by atoms with Crippen LogP contribution >= 0.6 is 0 Å². The zero-order valence-electron chi connectivity index (χ0n) is 28.4. The van der Waals surface area contributed by atoms with Crippen molar-refractivity contribution in [1.29, 1.82) is 0 Å². The van der Waals surface area contributed by atoms with Gasteiger partial charge in [-0.25, -0.2) is 4.79 Å². The van der Waals surface area contributed by atoms with Gasteiger partial charge in [-0.3, -0.25) is 9.59 Å². The van der Waals surface area contributed by atoms with Crippen LogP contribution in [0, 0.1) is 11.8 Å². The Kier molecular flexibility index (Phi) is 14.3. The number of carbonyl (C=O) groups excluding carboxylic acids is 3. The van der Waals surface area contributed by atoms with Gasteiger partial charge in [0.15, 0.2) is 0 Å². The molecule has 4 atom stereocenters. The van der Waals surface area contributed by atoms with Gasteiger partial charge >= 0.3 is 6.09 Å². The fraction of sp³-hybridized carbons (Fsp3) is 0.541. The van der Waals surface area contributed by atoms with Crippen LogP contribution in [0.5, 0.6) is 0 Å². The maximum Gasteiger partial charge on any atom is 0.407 e. The second-order valence-electron chi connectivity index (χ2n) is 13.6. The van der Waals surface area contributed by atoms with Crippen LogP contribution in [0.2, 0.25) is 0 Å². The zero-order chi connectivity index (χ0) is 33.7. The lowest BCUT2D eigenvalue weighted by Crippen LogP contribution is -2.55. The highest BCUT2D eigenvalue weighted by Gasteiger charge is 2.34. The molecule has 1 saturated heterocycles. The number of rotatable bonds is 14. The highest BCUT2D eigenvalue weighted by atomic mass is 16.6. The molecule has 1 aliphatic heterocycles. The molecule has 2 aromatic rings. The molecule has 46 heavy (non-hydrogen) atoms. The normalized spacial score (nSPS) is 16.9. The van der Waals surface area contributed by atoms with E-state index in [1.54, 1.807) is 20.8 Å². The van der Waals surface area contributed by atoms with E-state index in [0.717, 1.165) is 24.0 Å². The highest BCUT2D eigenvalue weighted by Crippen LogP contribution is 2.21. The molecule has 0 saturated carbocycles. The number of aliphatic hydroxyl groups excluding tert-OH is 1. The second kappa shape index (κ2) is 17.9. The van der Waals surface area contributed by atoms with Crippen molar-refractivity contribution in [2.45, 2.75) is 96.6 Å². The summed E-state index contributed by atoms with van der Waals surface area (Å²) in [6, 6.07) is 18.4. The van der Waals surface area contributed by atoms with Crippen molar-refractivity contribution in [3.63, 3.8) is 0 Å². The Morgan fingerprint density at radius 1 is 0.978 bits per heavy atom. The van der Waals surface area contributed by atoms with E-state index in [2.05, 4.69) is 16.0 Å². The van der Waals surface area contributed by atoms with Gasteiger partial charge in [0.05, 0.1) is 12.1 Å². The summed E-state index contributed by atoms with van der Waals surface area (Å²) < 4.78 is 5.50. The standard InChI is InChI=1S/C37H54N4O5/c1-26(2)33(35(44)41-22-20-30(38-6)21-23-41)40-34(43)29(19-13-18-27-14-9-7-10-15-27)25-32(42)31(24-28-16-11-8-12-17-28)39-36(45)46-37(3,4)5/h7-18,26,29-33,38,42H,19-25H2,1-6H3,(H,39,45)(H,40,43)/t29?,31?,32?,33-/m0/s1. The average molecular weight is 635 g/mol. The largest absolute Gasteiger partial charge is 0.444 e. The van der Waals surface area contributed by atoms with Crippen molar-refractivity contribution >= 4 is 24.0 Å². The van der Waals surface area contributed by atoms with E-state index in [-0.39, 0.29) is 24.2 Å². The molecule has 2 aromatic carbocycles. The predicted octanol–water partition coefficient (Wildman–Crippen LogP) is 4.94. The van der Waals surface area contributed by atoms with E-state index < -0.39 is 35.8 Å². The number of benzene rings is 2. The van der Waals surface area contributed by atoms with Crippen molar-refractivity contribution in [2.24, 2.45) is 11.8 Å². The number of hydrogen-bond donors (Lipinski definition) is 4. The summed E-state index contributed by atoms with van der Waals surface area (Å²) in [6.07, 6.45) is 4.68. The van der Waals surface area contributed by atoms with E-state index in [0.29, 0.717) is 32.0 Å². The Morgan fingerprint density at radius 2 is 1.59 bits per heavy atom. The second-order valence-corrected chi connectivity index (χ2v) is 13.6. The van der Waals surface area contributed by atoms with Gasteiger partial charge in [-0.1, -0.05) is 86.7 Å². The Labute approximate surface area is 275 Å². The third-order valence-corrected chi connectivity index (χ3v) is 8.34. The van der Waals surface area contributed by atoms with Gasteiger partial charge < -0.3 is 30.7 Å². The number of hydrogen-bond acceptors (Lipinski definition) is 6. The van der Waals surface area contributed by atoms with E-state index >= 15 is 0 Å². The van der Waals surface area contributed by atoms with Crippen molar-refractivity contribution in [3.05, 3.63) is 77.9 Å². The maximum absolute atomic E-state index is 14.0. The summed E-state index contributed by atoms with van der Waals surface area (Å²) in [7, 11) is 1.94. The fourth-order valence-corrected chi connectivity index (χ4v) is 5.68. The number of allylic oxidation sites excluding steroid dienone is 1. The maximum atomic E-state index is 14.0. The Morgan fingerprint density at radius 3 is 2.15 bits per heavy atom. The smallest absolute Gasteiger partial charge is 0.407 e. The quantitative estimate of drug-likeness (QED) is 0.234. The Hall–Kier alpha value is -3.69. The number of carbonyl (C=O) groups is 3. The number of piperidine rings is 1. The van der Waals surface area contributed by atoms with Crippen molar-refractivity contribution in [3.8, 4) is 0 Å². The molecule has 0 bridgehead atoms. The van der Waals surface area contributed by atoms with Crippen LogP contribution in [0.15, 0.2) is 66.7 Å². The molecule has 0 aromatic heterocycles. The first-order valence-electron chi connectivity index (χ1n) is 16.6. The first-order chi connectivity index (χ1) is 21.9. The molecule has 0 spiro atoms. The summed E-state index contributed by atoms with van der Waals surface area (Å²) in [5, 5.41) is 20.8. The first kappa shape index (κ1) is 36.8. The van der Waals surface area contributed by atoms with E-state index in [1.165, 1.54) is 0 Å². The third kappa shape index (κ3) is 12.2. The van der Waals surface area contributed by atoms with E-state index in [9.17, 15) is 19.5 Å². The summed E-state index contributed by atoms with van der Waals surface area (Å²) in [4.78, 5) is 42.3. The van der Waals surface area contributed by atoms with Crippen molar-refractivity contribution in [2.75, 3.05) is 20.1 Å². The lowest BCUT2D eigenvalue weighted by Gasteiger charge is -2.36. The van der Waals surface area contributed by atoms with Crippen LogP contribution in [-0.4, -0.2) is 77.9 Å². The molecular formula is C37H54N4O5. The van der Waals surface area contributed by atoms with Crippen LogP contribution in [0.25, 0.3) is 6.08 Å². The van der Waals surface area contributed by atoms with Gasteiger partial charge in [0.2, 0.25) is 11.8 Å². The molecule has 1 fully saturated rings. The molecule has 3 unspecified atom stereocenters. The number of nitrogens with one attached hydrogen (secondary N) is 3. The first-order valence-corrected chi connectivity index (χ1v) is 16.6. The molecule has 9 heteroatoms. The zero-order valence-corrected chi connectivity index (χ0v) is 28.4. The lowest BCUT2D eigenvalue weighted by atomic mass is 9.90. The monoisotopic (exact) mass is 634 g/mol. The molecular weight excluding hydrogens is 580 g/mol. The molecule has 252 valence electrons. The molecule has 0 aliphatic carbocycles. The number of amides is 3. The minimum atomic E-state index is -1.07. The molecule has 0 radical (unpaired) electrons. The van der Waals surface area contributed by atoms with Crippen LogP contribution in [0.3, 0.4) is 0 Å². The molecule has 9 nitrogen and oxygen atoms in total. The molecule has 3 rings (SSSR count). The van der Waals surface area contributed by atoms with Crippen molar-refractivity contribution in [1.82, 2.24) is 20.9 Å². The van der Waals surface area contributed by atoms with Gasteiger partial charge in [0.1, 0.15) is 11.6 Å². The summed E-state index contributed by atoms with van der Waals surface area (Å²) in [5.41, 5.74) is 1.22. The van der Waals surface area contributed by atoms with Crippen LogP contribution in [0.4, 0.5) is 4.79 Å². The van der Waals surface area contributed by atoms with Gasteiger partial charge in [0.25, 0.3) is 0 Å². The number of alkyl carbamates (subject to hydrolysis) is 1. The van der Waals surface area contributed by atoms with Gasteiger partial charge in [-0.05, 0) is 77.0 Å². The number of ether oxygens (including phenoxy) is 1. The lowest BCUT2D eigenvalue weighted by molar-refractivity contribution is -0.139. The number of nitrogens with zero attached hydrogens (tertiary/aromatic N) is 1. The topological polar surface area (TPSA) is 120 Å². The summed E-state index contributed by atoms with van der Waals surface area (Å²) >= 11 is 0. The third-order valence-electron chi connectivity index (χ3n) is 8.34. The van der Waals surface area contributed by atoms with Crippen LogP contribution < -0.4 is 16.0 Å². The summed E-state index contributed by atoms with van der Waals surface area (Å²) in [6.45, 7) is 10.5. The highest BCUT2D eigenvalue weighted by molar-refractivity contribution is 5.89. The fourth-order valence-electron chi connectivity index (χ4n) is 5.68. The molecule has 1 heterocycles. The average Bonchev–Trinajstić information content (AvgIpc) is 3.02. The number of likely N-dealkylation sites (tertiary alicyclic amines) is 1. The van der Waals surface area contributed by atoms with Crippen LogP contribution in [0.1, 0.15) is 71.4 Å². The Bertz CT molecular complexity index is 1250. The van der Waals surface area contributed by atoms with Gasteiger partial charge in [-0.15, -0.1) is 0 Å². The van der Waals surface area contributed by atoms with Gasteiger partial charge in [0, 0.05) is 25.0 Å². The minimum Gasteiger partial charge on any atom is -0.444 e. The minimum absolute atomic E-state index is 0.0742. The van der Waals surface area contributed by atoms with E-state index in [1.807, 2.05) is 98.6 Å².